The van der Waals surface area contributed by atoms with Crippen molar-refractivity contribution in [2.75, 3.05) is 0 Å². The largest absolute Gasteiger partial charge is 0.347 e. The van der Waals surface area contributed by atoms with E-state index in [1.54, 1.807) is 0 Å². The maximum absolute atomic E-state index is 5.84. The standard InChI is InChI=1S/C14H20N2/c1-9(2)11-6-5-7-12-13(8-15)10(3)16(4)14(11)12/h5-7,9H,8,15H2,1-4H3. The van der Waals surface area contributed by atoms with Gasteiger partial charge in [-0.15, -0.1) is 0 Å². The summed E-state index contributed by atoms with van der Waals surface area (Å²) < 4.78 is 2.27. The van der Waals surface area contributed by atoms with Crippen LogP contribution in [0.25, 0.3) is 10.9 Å². The van der Waals surface area contributed by atoms with Gasteiger partial charge in [0.05, 0.1) is 5.52 Å². The minimum absolute atomic E-state index is 0.544. The molecule has 86 valence electrons. The first-order valence-corrected chi connectivity index (χ1v) is 5.84. The first-order chi connectivity index (χ1) is 7.57. The Morgan fingerprint density at radius 2 is 2.00 bits per heavy atom. The van der Waals surface area contributed by atoms with E-state index in [1.807, 2.05) is 0 Å². The second-order valence-corrected chi connectivity index (χ2v) is 4.73. The molecule has 0 saturated carbocycles. The summed E-state index contributed by atoms with van der Waals surface area (Å²) in [6.07, 6.45) is 0. The molecule has 0 spiro atoms. The van der Waals surface area contributed by atoms with Gasteiger partial charge in [0.1, 0.15) is 0 Å². The van der Waals surface area contributed by atoms with E-state index in [1.165, 1.54) is 27.7 Å². The number of hydrogen-bond donors (Lipinski definition) is 1. The van der Waals surface area contributed by atoms with E-state index < -0.39 is 0 Å². The van der Waals surface area contributed by atoms with Crippen molar-refractivity contribution < 1.29 is 0 Å². The van der Waals surface area contributed by atoms with Crippen molar-refractivity contribution in [1.82, 2.24) is 4.57 Å². The summed E-state index contributed by atoms with van der Waals surface area (Å²) >= 11 is 0. The molecule has 1 aromatic carbocycles. The lowest BCUT2D eigenvalue weighted by Gasteiger charge is -2.09. The smallest absolute Gasteiger partial charge is 0.0518 e. The van der Waals surface area contributed by atoms with Crippen LogP contribution in [-0.2, 0) is 13.6 Å². The number of para-hydroxylation sites is 1. The van der Waals surface area contributed by atoms with Crippen molar-refractivity contribution >= 4 is 10.9 Å². The Bertz CT molecular complexity index is 521. The van der Waals surface area contributed by atoms with Crippen LogP contribution < -0.4 is 5.73 Å². The highest BCUT2D eigenvalue weighted by Crippen LogP contribution is 2.30. The van der Waals surface area contributed by atoms with Gasteiger partial charge in [-0.25, -0.2) is 0 Å². The van der Waals surface area contributed by atoms with E-state index in [9.17, 15) is 0 Å². The molecule has 1 aromatic heterocycles. The van der Waals surface area contributed by atoms with E-state index in [4.69, 9.17) is 5.73 Å². The predicted molar refractivity (Wildman–Crippen MR) is 69.6 cm³/mol. The van der Waals surface area contributed by atoms with Gasteiger partial charge in [-0.2, -0.15) is 0 Å². The highest BCUT2D eigenvalue weighted by atomic mass is 15.0. The van der Waals surface area contributed by atoms with Crippen molar-refractivity contribution in [3.05, 3.63) is 35.0 Å². The summed E-state index contributed by atoms with van der Waals surface area (Å²) in [4.78, 5) is 0. The van der Waals surface area contributed by atoms with Crippen molar-refractivity contribution in [2.24, 2.45) is 12.8 Å². The molecule has 0 aliphatic rings. The molecule has 2 heteroatoms. The second-order valence-electron chi connectivity index (χ2n) is 4.73. The molecule has 0 bridgehead atoms. The first kappa shape index (κ1) is 11.2. The Hall–Kier alpha value is -1.28. The zero-order chi connectivity index (χ0) is 11.9. The van der Waals surface area contributed by atoms with Crippen LogP contribution in [0.2, 0.25) is 0 Å². The number of aryl methyl sites for hydroxylation is 1. The summed E-state index contributed by atoms with van der Waals surface area (Å²) in [7, 11) is 2.13. The van der Waals surface area contributed by atoms with Crippen molar-refractivity contribution in [3.8, 4) is 0 Å². The Kier molecular flexibility index (Phi) is 2.76. The molecule has 0 unspecified atom stereocenters. The van der Waals surface area contributed by atoms with Crippen LogP contribution in [0.5, 0.6) is 0 Å². The molecule has 2 N–H and O–H groups in total. The highest BCUT2D eigenvalue weighted by Gasteiger charge is 2.14. The lowest BCUT2D eigenvalue weighted by Crippen LogP contribution is -1.99. The minimum atomic E-state index is 0.544. The molecule has 0 aliphatic carbocycles. The van der Waals surface area contributed by atoms with Crippen LogP contribution in [0.15, 0.2) is 18.2 Å². The number of benzene rings is 1. The molecule has 1 heterocycles. The molecule has 0 saturated heterocycles. The number of hydrogen-bond acceptors (Lipinski definition) is 1. The van der Waals surface area contributed by atoms with E-state index in [2.05, 4.69) is 50.6 Å². The van der Waals surface area contributed by atoms with Gasteiger partial charge in [0.25, 0.3) is 0 Å². The highest BCUT2D eigenvalue weighted by molar-refractivity contribution is 5.88. The minimum Gasteiger partial charge on any atom is -0.347 e. The zero-order valence-electron chi connectivity index (χ0n) is 10.5. The molecule has 0 fully saturated rings. The fourth-order valence-electron chi connectivity index (χ4n) is 2.47. The fraction of sp³-hybridized carbons (Fsp3) is 0.429. The average Bonchev–Trinajstić information content (AvgIpc) is 2.51. The summed E-state index contributed by atoms with van der Waals surface area (Å²) in [6.45, 7) is 7.23. The third-order valence-electron chi connectivity index (χ3n) is 3.49. The first-order valence-electron chi connectivity index (χ1n) is 5.84. The third-order valence-corrected chi connectivity index (χ3v) is 3.49. The number of aromatic nitrogens is 1. The monoisotopic (exact) mass is 216 g/mol. The SMILES string of the molecule is Cc1c(CN)c2cccc(C(C)C)c2n1C. The van der Waals surface area contributed by atoms with Gasteiger partial charge in [0.15, 0.2) is 0 Å². The molecule has 2 rings (SSSR count). The van der Waals surface area contributed by atoms with Gasteiger partial charge < -0.3 is 10.3 Å². The topological polar surface area (TPSA) is 30.9 Å². The van der Waals surface area contributed by atoms with E-state index >= 15 is 0 Å². The van der Waals surface area contributed by atoms with Crippen molar-refractivity contribution in [3.63, 3.8) is 0 Å². The average molecular weight is 216 g/mol. The molecular formula is C14H20N2. The van der Waals surface area contributed by atoms with Gasteiger partial charge in [0, 0.05) is 24.7 Å². The Balaban J connectivity index is 2.88. The lowest BCUT2D eigenvalue weighted by atomic mass is 9.99. The van der Waals surface area contributed by atoms with Crippen molar-refractivity contribution in [1.29, 1.82) is 0 Å². The Morgan fingerprint density at radius 1 is 1.31 bits per heavy atom. The van der Waals surface area contributed by atoms with Crippen LogP contribution in [0.1, 0.15) is 36.6 Å². The molecule has 2 aromatic rings. The van der Waals surface area contributed by atoms with E-state index in [-0.39, 0.29) is 0 Å². The predicted octanol–water partition coefficient (Wildman–Crippen LogP) is 3.07. The van der Waals surface area contributed by atoms with Crippen LogP contribution in [0.4, 0.5) is 0 Å². The lowest BCUT2D eigenvalue weighted by molar-refractivity contribution is 0.843. The molecule has 0 atom stereocenters. The number of rotatable bonds is 2. The van der Waals surface area contributed by atoms with Gasteiger partial charge in [-0.05, 0) is 24.0 Å². The molecule has 0 radical (unpaired) electrons. The molecule has 2 nitrogen and oxygen atoms in total. The second kappa shape index (κ2) is 3.95. The Morgan fingerprint density at radius 3 is 2.56 bits per heavy atom. The summed E-state index contributed by atoms with van der Waals surface area (Å²) in [5.74, 6) is 0.544. The summed E-state index contributed by atoms with van der Waals surface area (Å²) in [6, 6.07) is 6.53. The number of nitrogens with two attached hydrogens (primary N) is 1. The van der Waals surface area contributed by atoms with Crippen LogP contribution in [-0.4, -0.2) is 4.57 Å². The fourth-order valence-corrected chi connectivity index (χ4v) is 2.47. The van der Waals surface area contributed by atoms with E-state index in [0.717, 1.165) is 0 Å². The number of nitrogens with zero attached hydrogens (tertiary/aromatic N) is 1. The van der Waals surface area contributed by atoms with Gasteiger partial charge in [-0.3, -0.25) is 0 Å². The quantitative estimate of drug-likeness (QED) is 0.821. The zero-order valence-corrected chi connectivity index (χ0v) is 10.5. The molecular weight excluding hydrogens is 196 g/mol. The van der Waals surface area contributed by atoms with Gasteiger partial charge in [0.2, 0.25) is 0 Å². The maximum atomic E-state index is 5.84. The summed E-state index contributed by atoms with van der Waals surface area (Å²) in [5.41, 5.74) is 11.2. The van der Waals surface area contributed by atoms with E-state index in [0.29, 0.717) is 12.5 Å². The summed E-state index contributed by atoms with van der Waals surface area (Å²) in [5, 5.41) is 1.31. The molecule has 0 amide bonds. The van der Waals surface area contributed by atoms with Crippen LogP contribution in [0, 0.1) is 6.92 Å². The van der Waals surface area contributed by atoms with Gasteiger partial charge >= 0.3 is 0 Å². The molecule has 0 aliphatic heterocycles. The van der Waals surface area contributed by atoms with Gasteiger partial charge in [-0.1, -0.05) is 32.0 Å². The van der Waals surface area contributed by atoms with Crippen molar-refractivity contribution in [2.45, 2.75) is 33.2 Å². The molecule has 16 heavy (non-hydrogen) atoms. The van der Waals surface area contributed by atoms with Crippen LogP contribution >= 0.6 is 0 Å². The third kappa shape index (κ3) is 1.45. The normalized spacial score (nSPS) is 11.6. The maximum Gasteiger partial charge on any atom is 0.0518 e. The Labute approximate surface area is 97.1 Å². The van der Waals surface area contributed by atoms with Crippen LogP contribution in [0.3, 0.4) is 0 Å². The number of fused-ring (bicyclic) bond motifs is 1.